The Hall–Kier alpha value is -3.35. The fourth-order valence-electron chi connectivity index (χ4n) is 6.13. The first kappa shape index (κ1) is 23.4. The summed E-state index contributed by atoms with van der Waals surface area (Å²) in [5, 5.41) is 12.1. The zero-order valence-electron chi connectivity index (χ0n) is 19.8. The number of alkyl carbamates (subject to hydrolysis) is 1. The van der Waals surface area contributed by atoms with Crippen molar-refractivity contribution in [3.63, 3.8) is 0 Å². The molecule has 184 valence electrons. The molecule has 0 radical (unpaired) electrons. The van der Waals surface area contributed by atoms with Gasteiger partial charge >= 0.3 is 12.1 Å². The average molecular weight is 477 g/mol. The van der Waals surface area contributed by atoms with Gasteiger partial charge in [-0.3, -0.25) is 9.59 Å². The lowest BCUT2D eigenvalue weighted by molar-refractivity contribution is -0.142. The minimum atomic E-state index is -0.867. The van der Waals surface area contributed by atoms with Gasteiger partial charge in [-0.15, -0.1) is 0 Å². The molecule has 2 fully saturated rings. The molecule has 3 aliphatic rings. The summed E-state index contributed by atoms with van der Waals surface area (Å²) >= 11 is 0. The Balaban J connectivity index is 1.17. The van der Waals surface area contributed by atoms with Crippen molar-refractivity contribution in [3.05, 3.63) is 59.7 Å². The lowest BCUT2D eigenvalue weighted by Crippen LogP contribution is -2.45. The number of aliphatic carboxylic acids is 1. The van der Waals surface area contributed by atoms with E-state index in [2.05, 4.69) is 29.6 Å². The van der Waals surface area contributed by atoms with Crippen molar-refractivity contribution < 1.29 is 24.2 Å². The molecular weight excluding hydrogens is 444 g/mol. The van der Waals surface area contributed by atoms with Gasteiger partial charge < -0.3 is 20.1 Å². The SMILES string of the molecule is O=C(O)C[C@H]1CCCN1C(=O)C1CCCC(NC(=O)OCC2c3ccccc3-c3ccccc32)C1. The molecule has 0 aromatic heterocycles. The van der Waals surface area contributed by atoms with Gasteiger partial charge in [-0.1, -0.05) is 55.0 Å². The van der Waals surface area contributed by atoms with Gasteiger partial charge in [0.15, 0.2) is 0 Å². The van der Waals surface area contributed by atoms with Gasteiger partial charge in [0.1, 0.15) is 6.61 Å². The Bertz CT molecular complexity index is 1070. The highest BCUT2D eigenvalue weighted by atomic mass is 16.5. The van der Waals surface area contributed by atoms with Crippen LogP contribution in [-0.2, 0) is 14.3 Å². The number of carboxylic acids is 1. The van der Waals surface area contributed by atoms with Crippen LogP contribution in [0.5, 0.6) is 0 Å². The minimum absolute atomic E-state index is 0.000111. The summed E-state index contributed by atoms with van der Waals surface area (Å²) in [6, 6.07) is 16.1. The molecule has 2 N–H and O–H groups in total. The fraction of sp³-hybridized carbons (Fsp3) is 0.464. The molecule has 35 heavy (non-hydrogen) atoms. The monoisotopic (exact) mass is 476 g/mol. The molecule has 1 aliphatic heterocycles. The Kier molecular flexibility index (Phi) is 6.75. The normalized spacial score (nSPS) is 23.4. The number of carboxylic acid groups (broad SMARTS) is 1. The molecule has 1 heterocycles. The first-order valence-corrected chi connectivity index (χ1v) is 12.6. The number of nitrogens with zero attached hydrogens (tertiary/aromatic N) is 1. The van der Waals surface area contributed by atoms with Gasteiger partial charge in [-0.25, -0.2) is 4.79 Å². The number of carbonyl (C=O) groups excluding carboxylic acids is 2. The van der Waals surface area contributed by atoms with Crippen molar-refractivity contribution in [1.82, 2.24) is 10.2 Å². The molecule has 7 nitrogen and oxygen atoms in total. The van der Waals surface area contributed by atoms with Crippen LogP contribution in [0.25, 0.3) is 11.1 Å². The smallest absolute Gasteiger partial charge is 0.407 e. The third-order valence-corrected chi connectivity index (χ3v) is 7.76. The van der Waals surface area contributed by atoms with Crippen LogP contribution in [0, 0.1) is 5.92 Å². The van der Waals surface area contributed by atoms with E-state index in [-0.39, 0.29) is 42.9 Å². The fourth-order valence-corrected chi connectivity index (χ4v) is 6.13. The first-order valence-electron chi connectivity index (χ1n) is 12.6. The van der Waals surface area contributed by atoms with Crippen molar-refractivity contribution in [1.29, 1.82) is 0 Å². The number of nitrogens with one attached hydrogen (secondary N) is 1. The summed E-state index contributed by atoms with van der Waals surface area (Å²) in [6.07, 6.45) is 4.14. The highest BCUT2D eigenvalue weighted by molar-refractivity contribution is 5.81. The van der Waals surface area contributed by atoms with Gasteiger partial charge in [0.2, 0.25) is 5.91 Å². The van der Waals surface area contributed by atoms with Crippen LogP contribution in [0.4, 0.5) is 4.79 Å². The number of carbonyl (C=O) groups is 3. The maximum absolute atomic E-state index is 13.1. The average Bonchev–Trinajstić information content (AvgIpc) is 3.44. The number of amides is 2. The third-order valence-electron chi connectivity index (χ3n) is 7.76. The number of hydrogen-bond donors (Lipinski definition) is 2. The Morgan fingerprint density at radius 3 is 2.31 bits per heavy atom. The Morgan fingerprint density at radius 1 is 0.943 bits per heavy atom. The predicted molar refractivity (Wildman–Crippen MR) is 131 cm³/mol. The number of likely N-dealkylation sites (tertiary alicyclic amines) is 1. The number of ether oxygens (including phenoxy) is 1. The van der Waals surface area contributed by atoms with Crippen molar-refractivity contribution >= 4 is 18.0 Å². The van der Waals surface area contributed by atoms with Crippen LogP contribution in [-0.4, -0.2) is 53.2 Å². The lowest BCUT2D eigenvalue weighted by Gasteiger charge is -2.33. The summed E-state index contributed by atoms with van der Waals surface area (Å²) in [7, 11) is 0. The van der Waals surface area contributed by atoms with Crippen molar-refractivity contribution in [3.8, 4) is 11.1 Å². The second kappa shape index (κ2) is 10.1. The van der Waals surface area contributed by atoms with Crippen LogP contribution in [0.2, 0.25) is 0 Å². The van der Waals surface area contributed by atoms with Crippen molar-refractivity contribution in [2.45, 2.75) is 62.9 Å². The molecule has 0 bridgehead atoms. The molecule has 3 atom stereocenters. The maximum Gasteiger partial charge on any atom is 0.407 e. The van der Waals surface area contributed by atoms with E-state index in [9.17, 15) is 14.4 Å². The number of rotatable bonds is 6. The van der Waals surface area contributed by atoms with Crippen LogP contribution in [0.1, 0.15) is 62.0 Å². The van der Waals surface area contributed by atoms with Gasteiger partial charge in [0, 0.05) is 30.5 Å². The second-order valence-electron chi connectivity index (χ2n) is 9.96. The molecule has 2 unspecified atom stereocenters. The van der Waals surface area contributed by atoms with E-state index >= 15 is 0 Å². The largest absolute Gasteiger partial charge is 0.481 e. The summed E-state index contributed by atoms with van der Waals surface area (Å²) in [4.78, 5) is 38.8. The summed E-state index contributed by atoms with van der Waals surface area (Å²) in [6.45, 7) is 0.886. The zero-order chi connectivity index (χ0) is 24.4. The molecule has 5 rings (SSSR count). The molecular formula is C28H32N2O5. The number of hydrogen-bond acceptors (Lipinski definition) is 4. The topological polar surface area (TPSA) is 95.9 Å². The van der Waals surface area contributed by atoms with E-state index in [0.29, 0.717) is 13.0 Å². The molecule has 2 aromatic rings. The molecule has 1 saturated heterocycles. The Labute approximate surface area is 205 Å². The zero-order valence-corrected chi connectivity index (χ0v) is 19.8. The summed E-state index contributed by atoms with van der Waals surface area (Å²) in [5.74, 6) is -1.01. The van der Waals surface area contributed by atoms with Crippen LogP contribution in [0.15, 0.2) is 48.5 Å². The lowest BCUT2D eigenvalue weighted by atomic mass is 9.84. The molecule has 0 spiro atoms. The molecule has 1 saturated carbocycles. The van der Waals surface area contributed by atoms with Gasteiger partial charge in [0.25, 0.3) is 0 Å². The molecule has 2 aliphatic carbocycles. The van der Waals surface area contributed by atoms with E-state index in [1.165, 1.54) is 22.3 Å². The molecule has 2 aromatic carbocycles. The number of benzene rings is 2. The van der Waals surface area contributed by atoms with Crippen molar-refractivity contribution in [2.75, 3.05) is 13.2 Å². The number of fused-ring (bicyclic) bond motifs is 3. The Morgan fingerprint density at radius 2 is 1.63 bits per heavy atom. The molecule has 2 amide bonds. The van der Waals surface area contributed by atoms with Gasteiger partial charge in [-0.2, -0.15) is 0 Å². The standard InChI is InChI=1S/C28H32N2O5/c31-26(32)16-20-9-6-14-30(20)27(33)18-7-5-8-19(15-18)29-28(34)35-17-25-23-12-3-1-10-21(23)22-11-2-4-13-24(22)25/h1-4,10-13,18-20,25H,5-9,14-17H2,(H,29,34)(H,31,32)/t18?,19?,20-/m1/s1. The summed E-state index contributed by atoms with van der Waals surface area (Å²) in [5.41, 5.74) is 4.72. The summed E-state index contributed by atoms with van der Waals surface area (Å²) < 4.78 is 5.69. The van der Waals surface area contributed by atoms with Crippen molar-refractivity contribution in [2.24, 2.45) is 5.92 Å². The third kappa shape index (κ3) is 4.90. The van der Waals surface area contributed by atoms with Gasteiger partial charge in [0.05, 0.1) is 6.42 Å². The predicted octanol–water partition coefficient (Wildman–Crippen LogP) is 4.55. The van der Waals surface area contributed by atoms with Crippen LogP contribution < -0.4 is 5.32 Å². The first-order chi connectivity index (χ1) is 17.0. The van der Waals surface area contributed by atoms with E-state index in [4.69, 9.17) is 9.84 Å². The van der Waals surface area contributed by atoms with E-state index in [1.54, 1.807) is 4.90 Å². The van der Waals surface area contributed by atoms with E-state index in [1.807, 2.05) is 24.3 Å². The molecule has 7 heteroatoms. The minimum Gasteiger partial charge on any atom is -0.481 e. The van der Waals surface area contributed by atoms with Crippen LogP contribution in [0.3, 0.4) is 0 Å². The van der Waals surface area contributed by atoms with Crippen LogP contribution >= 0.6 is 0 Å². The quantitative estimate of drug-likeness (QED) is 0.638. The highest BCUT2D eigenvalue weighted by Crippen LogP contribution is 2.44. The van der Waals surface area contributed by atoms with E-state index in [0.717, 1.165) is 32.1 Å². The second-order valence-corrected chi connectivity index (χ2v) is 9.96. The highest BCUT2D eigenvalue weighted by Gasteiger charge is 2.37. The van der Waals surface area contributed by atoms with E-state index < -0.39 is 12.1 Å². The van der Waals surface area contributed by atoms with Gasteiger partial charge in [-0.05, 0) is 54.4 Å². The maximum atomic E-state index is 13.1.